The molecule has 0 saturated heterocycles. The molecule has 0 spiro atoms. The Labute approximate surface area is 113 Å². The number of hydrogen-bond donors (Lipinski definition) is 0. The summed E-state index contributed by atoms with van der Waals surface area (Å²) in [4.78, 5) is 5.26. The van der Waals surface area contributed by atoms with Crippen molar-refractivity contribution in [2.75, 3.05) is 0 Å². The second kappa shape index (κ2) is 6.58. The van der Waals surface area contributed by atoms with Crippen molar-refractivity contribution in [1.82, 2.24) is 9.55 Å². The highest BCUT2D eigenvalue weighted by atomic mass is 79.9. The van der Waals surface area contributed by atoms with E-state index in [-0.39, 0.29) is 0 Å². The zero-order valence-electron chi connectivity index (χ0n) is 10.7. The van der Waals surface area contributed by atoms with E-state index in [9.17, 15) is 0 Å². The summed E-state index contributed by atoms with van der Waals surface area (Å²) < 4.78 is 2.33. The summed E-state index contributed by atoms with van der Waals surface area (Å²) in [5, 5.41) is 0. The van der Waals surface area contributed by atoms with Crippen LogP contribution in [-0.2, 0) is 13.0 Å². The number of hydrogen-bond acceptors (Lipinski definition) is 1. The molecule has 2 rings (SSSR count). The van der Waals surface area contributed by atoms with Gasteiger partial charge in [0.05, 0.1) is 0 Å². The van der Waals surface area contributed by atoms with Crippen molar-refractivity contribution >= 4 is 15.9 Å². The highest BCUT2D eigenvalue weighted by Crippen LogP contribution is 2.29. The summed E-state index contributed by atoms with van der Waals surface area (Å²) >= 11 is 3.80. The maximum atomic E-state index is 4.53. The maximum absolute atomic E-state index is 4.53. The highest BCUT2D eigenvalue weighted by Gasteiger charge is 2.20. The van der Waals surface area contributed by atoms with Crippen LogP contribution >= 0.6 is 15.9 Å². The van der Waals surface area contributed by atoms with E-state index in [2.05, 4.69) is 38.6 Å². The third kappa shape index (κ3) is 3.84. The van der Waals surface area contributed by atoms with Gasteiger partial charge in [0, 0.05) is 30.2 Å². The lowest BCUT2D eigenvalue weighted by Crippen LogP contribution is -2.12. The first-order chi connectivity index (χ1) is 8.29. The minimum absolute atomic E-state index is 0.726. The number of nitrogens with zero attached hydrogens (tertiary/aromatic N) is 2. The molecule has 0 N–H and O–H groups in total. The Morgan fingerprint density at radius 1 is 1.41 bits per heavy atom. The molecular weight excluding hydrogens is 276 g/mol. The molecule has 17 heavy (non-hydrogen) atoms. The number of aryl methyl sites for hydroxylation is 1. The van der Waals surface area contributed by atoms with E-state index >= 15 is 0 Å². The van der Waals surface area contributed by atoms with Gasteiger partial charge in [-0.2, -0.15) is 0 Å². The van der Waals surface area contributed by atoms with Crippen LogP contribution < -0.4 is 0 Å². The third-order valence-electron chi connectivity index (χ3n) is 3.71. The first-order valence-corrected chi connectivity index (χ1v) is 7.85. The Bertz CT molecular complexity index is 335. The number of imidazole rings is 1. The number of halogens is 1. The first kappa shape index (κ1) is 13.1. The summed E-state index contributed by atoms with van der Waals surface area (Å²) in [5.74, 6) is 2.11. The van der Waals surface area contributed by atoms with Crippen molar-refractivity contribution in [1.29, 1.82) is 0 Å². The Hall–Kier alpha value is -0.310. The van der Waals surface area contributed by atoms with Gasteiger partial charge in [0.1, 0.15) is 5.82 Å². The van der Waals surface area contributed by atoms with Crippen LogP contribution in [0.5, 0.6) is 0 Å². The summed E-state index contributed by atoms with van der Waals surface area (Å²) in [6.45, 7) is 3.34. The Balaban J connectivity index is 1.96. The van der Waals surface area contributed by atoms with E-state index in [1.807, 2.05) is 6.20 Å². The fraction of sp³-hybridized carbons (Fsp3) is 0.786. The predicted molar refractivity (Wildman–Crippen MR) is 75.5 cm³/mol. The van der Waals surface area contributed by atoms with E-state index in [0.717, 1.165) is 23.7 Å². The van der Waals surface area contributed by atoms with Gasteiger partial charge in [-0.15, -0.1) is 0 Å². The van der Waals surface area contributed by atoms with Gasteiger partial charge in [0.2, 0.25) is 0 Å². The Morgan fingerprint density at radius 3 is 3.06 bits per heavy atom. The average Bonchev–Trinajstić information content (AvgIpc) is 2.61. The zero-order chi connectivity index (χ0) is 12.1. The lowest BCUT2D eigenvalue weighted by Gasteiger charge is -2.16. The van der Waals surface area contributed by atoms with Gasteiger partial charge in [0.25, 0.3) is 0 Å². The fourth-order valence-electron chi connectivity index (χ4n) is 2.81. The molecule has 2 nitrogen and oxygen atoms in total. The topological polar surface area (TPSA) is 17.8 Å². The van der Waals surface area contributed by atoms with Crippen molar-refractivity contribution in [3.63, 3.8) is 0 Å². The zero-order valence-corrected chi connectivity index (χ0v) is 12.3. The summed E-state index contributed by atoms with van der Waals surface area (Å²) in [6, 6.07) is 0. The molecule has 1 aliphatic carbocycles. The molecule has 1 saturated carbocycles. The van der Waals surface area contributed by atoms with Gasteiger partial charge in [-0.3, -0.25) is 0 Å². The maximum Gasteiger partial charge on any atom is 0.108 e. The van der Waals surface area contributed by atoms with E-state index in [4.69, 9.17) is 0 Å². The van der Waals surface area contributed by atoms with Gasteiger partial charge in [-0.05, 0) is 31.6 Å². The number of alkyl halides is 1. The number of rotatable bonds is 4. The molecule has 1 aliphatic rings. The molecule has 1 fully saturated rings. The molecule has 2 atom stereocenters. The lowest BCUT2D eigenvalue weighted by molar-refractivity contribution is 0.442. The summed E-state index contributed by atoms with van der Waals surface area (Å²) in [7, 11) is 0. The van der Waals surface area contributed by atoms with Crippen LogP contribution in [0.1, 0.15) is 51.3 Å². The van der Waals surface area contributed by atoms with Crippen LogP contribution in [0, 0.1) is 5.92 Å². The van der Waals surface area contributed by atoms with Crippen molar-refractivity contribution in [2.45, 2.75) is 63.2 Å². The SMILES string of the molecule is CCCn1ccnc1CC1CCCCC(Br)C1. The van der Waals surface area contributed by atoms with E-state index in [1.54, 1.807) is 0 Å². The van der Waals surface area contributed by atoms with Crippen molar-refractivity contribution in [3.8, 4) is 0 Å². The lowest BCUT2D eigenvalue weighted by atomic mass is 9.96. The van der Waals surface area contributed by atoms with Crippen LogP contribution in [-0.4, -0.2) is 14.4 Å². The normalized spacial score (nSPS) is 25.8. The van der Waals surface area contributed by atoms with E-state index < -0.39 is 0 Å². The standard InChI is InChI=1S/C14H23BrN2/c1-2-8-17-9-7-16-14(17)11-12-5-3-4-6-13(15)10-12/h7,9,12-13H,2-6,8,10-11H2,1H3. The highest BCUT2D eigenvalue weighted by molar-refractivity contribution is 9.09. The molecule has 0 bridgehead atoms. The first-order valence-electron chi connectivity index (χ1n) is 6.93. The molecule has 1 aromatic heterocycles. The van der Waals surface area contributed by atoms with Crippen molar-refractivity contribution in [2.24, 2.45) is 5.92 Å². The minimum atomic E-state index is 0.726. The summed E-state index contributed by atoms with van der Waals surface area (Å²) in [6.07, 6.45) is 13.2. The van der Waals surface area contributed by atoms with Crippen LogP contribution in [0.2, 0.25) is 0 Å². The molecule has 0 aromatic carbocycles. The second-order valence-electron chi connectivity index (χ2n) is 5.22. The van der Waals surface area contributed by atoms with Gasteiger partial charge in [-0.25, -0.2) is 4.98 Å². The van der Waals surface area contributed by atoms with Crippen LogP contribution in [0.3, 0.4) is 0 Å². The molecular formula is C14H23BrN2. The molecule has 1 aromatic rings. The number of aromatic nitrogens is 2. The molecule has 0 aliphatic heterocycles. The molecule has 0 radical (unpaired) electrons. The molecule has 0 amide bonds. The van der Waals surface area contributed by atoms with Gasteiger partial charge in [-0.1, -0.05) is 35.7 Å². The largest absolute Gasteiger partial charge is 0.335 e. The quantitative estimate of drug-likeness (QED) is 0.602. The molecule has 2 unspecified atom stereocenters. The average molecular weight is 299 g/mol. The molecule has 96 valence electrons. The van der Waals surface area contributed by atoms with Gasteiger partial charge in [0.15, 0.2) is 0 Å². The Kier molecular flexibility index (Phi) is 5.08. The molecule has 3 heteroatoms. The van der Waals surface area contributed by atoms with E-state index in [0.29, 0.717) is 0 Å². The minimum Gasteiger partial charge on any atom is -0.335 e. The summed E-state index contributed by atoms with van der Waals surface area (Å²) in [5.41, 5.74) is 0. The van der Waals surface area contributed by atoms with Crippen LogP contribution in [0.25, 0.3) is 0 Å². The van der Waals surface area contributed by atoms with Crippen LogP contribution in [0.15, 0.2) is 12.4 Å². The van der Waals surface area contributed by atoms with E-state index in [1.165, 1.54) is 44.3 Å². The monoisotopic (exact) mass is 298 g/mol. The van der Waals surface area contributed by atoms with Crippen LogP contribution in [0.4, 0.5) is 0 Å². The smallest absolute Gasteiger partial charge is 0.108 e. The van der Waals surface area contributed by atoms with Crippen molar-refractivity contribution < 1.29 is 0 Å². The Morgan fingerprint density at radius 2 is 2.24 bits per heavy atom. The van der Waals surface area contributed by atoms with Gasteiger partial charge >= 0.3 is 0 Å². The van der Waals surface area contributed by atoms with Gasteiger partial charge < -0.3 is 4.57 Å². The predicted octanol–water partition coefficient (Wildman–Crippen LogP) is 4.18. The third-order valence-corrected chi connectivity index (χ3v) is 4.54. The molecule has 1 heterocycles. The van der Waals surface area contributed by atoms with Crippen molar-refractivity contribution in [3.05, 3.63) is 18.2 Å². The fourth-order valence-corrected chi connectivity index (χ4v) is 3.67. The second-order valence-corrected chi connectivity index (χ2v) is 6.52.